The quantitative estimate of drug-likeness (QED) is 0.312. The van der Waals surface area contributed by atoms with Gasteiger partial charge in [0.1, 0.15) is 35.5 Å². The van der Waals surface area contributed by atoms with Gasteiger partial charge in [-0.3, -0.25) is 9.59 Å². The minimum atomic E-state index is -1.43. The van der Waals surface area contributed by atoms with Crippen molar-refractivity contribution in [3.8, 4) is 16.5 Å². The highest BCUT2D eigenvalue weighted by Gasteiger charge is 2.61. The number of nitrogens with one attached hydrogen (secondary N) is 2. The summed E-state index contributed by atoms with van der Waals surface area (Å²) in [5.41, 5.74) is 0.470. The number of amides is 3. The van der Waals surface area contributed by atoms with Crippen molar-refractivity contribution in [2.24, 2.45) is 5.92 Å². The highest BCUT2D eigenvalue weighted by molar-refractivity contribution is 7.13. The Morgan fingerprint density at radius 1 is 1.00 bits per heavy atom. The maximum Gasteiger partial charge on any atom is 0.408 e. The number of para-hydroxylation sites is 2. The van der Waals surface area contributed by atoms with E-state index in [1.165, 1.54) is 16.2 Å². The standard InChI is InChI=1S/C35H39N5O7S/c41-30-27-18-23(46-31-29(28-16-9-17-48-28)36-24-13-6-7-14-25(24)37-31)20-40(27)32(42)26(38-34(45)47-22-11-8-12-22)15-5-3-1-2-4-10-21-19-35(21,39-30)33(43)44/h4,6-7,9-10,13-14,16-17,21-23,26-27H,1-3,5,8,11-12,15,18-20H2,(H,38,45)(H,39,41)(H,43,44)/b10-4-/t21?,23-,26+,27?,35?/m1/s1. The molecule has 3 amide bonds. The molecule has 2 aromatic heterocycles. The Morgan fingerprint density at radius 3 is 2.54 bits per heavy atom. The molecule has 13 heteroatoms. The third-order valence-corrected chi connectivity index (χ3v) is 10.7. The summed E-state index contributed by atoms with van der Waals surface area (Å²) in [6, 6.07) is 9.36. The van der Waals surface area contributed by atoms with Gasteiger partial charge in [-0.25, -0.2) is 19.6 Å². The Morgan fingerprint density at radius 2 is 1.81 bits per heavy atom. The van der Waals surface area contributed by atoms with Crippen molar-refractivity contribution in [3.05, 3.63) is 53.9 Å². The van der Waals surface area contributed by atoms with Crippen LogP contribution in [0.5, 0.6) is 5.88 Å². The van der Waals surface area contributed by atoms with E-state index in [1.807, 2.05) is 53.9 Å². The van der Waals surface area contributed by atoms with E-state index in [-0.39, 0.29) is 37.3 Å². The molecule has 3 fully saturated rings. The summed E-state index contributed by atoms with van der Waals surface area (Å²) < 4.78 is 12.0. The maximum absolute atomic E-state index is 14.3. The molecular formula is C35H39N5O7S. The number of carboxylic acid groups (broad SMARTS) is 1. The lowest BCUT2D eigenvalue weighted by Crippen LogP contribution is -2.56. The number of alkyl carbamates (subject to hydrolysis) is 1. The molecule has 252 valence electrons. The molecule has 2 saturated carbocycles. The van der Waals surface area contributed by atoms with Gasteiger partial charge in [-0.1, -0.05) is 43.2 Å². The van der Waals surface area contributed by atoms with Gasteiger partial charge in [0.05, 0.1) is 22.5 Å². The van der Waals surface area contributed by atoms with Crippen molar-refractivity contribution in [3.63, 3.8) is 0 Å². The number of carboxylic acids is 1. The average molecular weight is 674 g/mol. The van der Waals surface area contributed by atoms with Gasteiger partial charge in [0.2, 0.25) is 17.7 Å². The van der Waals surface area contributed by atoms with Crippen LogP contribution in [-0.4, -0.2) is 80.2 Å². The van der Waals surface area contributed by atoms with Crippen molar-refractivity contribution in [1.82, 2.24) is 25.5 Å². The maximum atomic E-state index is 14.3. The zero-order chi connectivity index (χ0) is 33.3. The van der Waals surface area contributed by atoms with E-state index in [1.54, 1.807) is 0 Å². The van der Waals surface area contributed by atoms with Crippen LogP contribution in [0.2, 0.25) is 0 Å². The molecule has 1 saturated heterocycles. The normalized spacial score (nSPS) is 28.5. The average Bonchev–Trinajstić information content (AvgIpc) is 3.36. The van der Waals surface area contributed by atoms with E-state index in [0.717, 1.165) is 43.4 Å². The van der Waals surface area contributed by atoms with E-state index in [0.29, 0.717) is 29.6 Å². The van der Waals surface area contributed by atoms with Crippen LogP contribution in [0, 0.1) is 5.92 Å². The molecule has 12 nitrogen and oxygen atoms in total. The van der Waals surface area contributed by atoms with Crippen LogP contribution in [0.3, 0.4) is 0 Å². The summed E-state index contributed by atoms with van der Waals surface area (Å²) in [7, 11) is 0. The molecule has 1 aromatic carbocycles. The van der Waals surface area contributed by atoms with Gasteiger partial charge >= 0.3 is 12.1 Å². The zero-order valence-electron chi connectivity index (χ0n) is 26.5. The Bertz CT molecular complexity index is 1730. The Kier molecular flexibility index (Phi) is 9.04. The highest BCUT2D eigenvalue weighted by Crippen LogP contribution is 2.45. The van der Waals surface area contributed by atoms with Crippen molar-refractivity contribution in [2.75, 3.05) is 6.54 Å². The fourth-order valence-electron chi connectivity index (χ4n) is 6.76. The molecule has 0 bridgehead atoms. The largest absolute Gasteiger partial charge is 0.479 e. The van der Waals surface area contributed by atoms with E-state index < -0.39 is 47.6 Å². The van der Waals surface area contributed by atoms with Gasteiger partial charge in [0.15, 0.2) is 0 Å². The molecule has 7 rings (SSSR count). The predicted octanol–water partition coefficient (Wildman–Crippen LogP) is 4.83. The minimum Gasteiger partial charge on any atom is -0.479 e. The molecule has 3 unspecified atom stereocenters. The number of hydrogen-bond donors (Lipinski definition) is 3. The van der Waals surface area contributed by atoms with Crippen molar-refractivity contribution < 1.29 is 33.8 Å². The number of ether oxygens (including phenoxy) is 2. The third-order valence-electron chi connectivity index (χ3n) is 9.81. The van der Waals surface area contributed by atoms with E-state index in [9.17, 15) is 24.3 Å². The number of thiophene rings is 1. The van der Waals surface area contributed by atoms with E-state index >= 15 is 0 Å². The fraction of sp³-hybridized carbons (Fsp3) is 0.486. The molecule has 0 spiro atoms. The Hall–Kier alpha value is -4.52. The summed E-state index contributed by atoms with van der Waals surface area (Å²) in [4.78, 5) is 65.5. The van der Waals surface area contributed by atoms with Gasteiger partial charge in [-0.2, -0.15) is 0 Å². The van der Waals surface area contributed by atoms with Crippen LogP contribution in [-0.2, 0) is 19.1 Å². The van der Waals surface area contributed by atoms with E-state index in [2.05, 4.69) is 10.6 Å². The Balaban J connectivity index is 1.19. The summed E-state index contributed by atoms with van der Waals surface area (Å²) in [6.07, 6.45) is 8.84. The van der Waals surface area contributed by atoms with E-state index in [4.69, 9.17) is 19.4 Å². The number of rotatable bonds is 6. The van der Waals surface area contributed by atoms with Crippen molar-refractivity contribution in [1.29, 1.82) is 0 Å². The molecule has 2 aliphatic heterocycles. The second kappa shape index (κ2) is 13.5. The molecular weight excluding hydrogens is 634 g/mol. The first-order chi connectivity index (χ1) is 23.3. The van der Waals surface area contributed by atoms with Crippen LogP contribution in [0.4, 0.5) is 4.79 Å². The second-order valence-electron chi connectivity index (χ2n) is 13.1. The number of allylic oxidation sites excluding steroid dienone is 1. The van der Waals surface area contributed by atoms with Gasteiger partial charge < -0.3 is 30.1 Å². The molecule has 4 aliphatic rings. The first-order valence-corrected chi connectivity index (χ1v) is 17.7. The first-order valence-electron chi connectivity index (χ1n) is 16.8. The lowest BCUT2D eigenvalue weighted by molar-refractivity contribution is -0.145. The second-order valence-corrected chi connectivity index (χ2v) is 14.1. The van der Waals surface area contributed by atoms with Crippen molar-refractivity contribution in [2.45, 2.75) is 94.0 Å². The summed E-state index contributed by atoms with van der Waals surface area (Å²) >= 11 is 1.50. The summed E-state index contributed by atoms with van der Waals surface area (Å²) in [5, 5.41) is 17.7. The van der Waals surface area contributed by atoms with Crippen molar-refractivity contribution >= 4 is 46.2 Å². The molecule has 4 heterocycles. The van der Waals surface area contributed by atoms with Crippen LogP contribution in [0.25, 0.3) is 21.6 Å². The van der Waals surface area contributed by atoms with Crippen LogP contribution < -0.4 is 15.4 Å². The number of carbonyl (C=O) groups excluding carboxylic acids is 3. The molecule has 0 radical (unpaired) electrons. The third kappa shape index (κ3) is 6.60. The molecule has 2 aliphatic carbocycles. The van der Waals surface area contributed by atoms with Gasteiger partial charge in [-0.15, -0.1) is 11.3 Å². The van der Waals surface area contributed by atoms with Gasteiger partial charge in [0, 0.05) is 12.3 Å². The first kappa shape index (κ1) is 32.0. The minimum absolute atomic E-state index is 0.0363. The van der Waals surface area contributed by atoms with Crippen LogP contribution >= 0.6 is 11.3 Å². The smallest absolute Gasteiger partial charge is 0.408 e. The summed E-state index contributed by atoms with van der Waals surface area (Å²) in [5.74, 6) is -2.16. The molecule has 3 aromatic rings. The number of aromatic nitrogens is 2. The molecule has 5 atom stereocenters. The number of nitrogens with zero attached hydrogens (tertiary/aromatic N) is 3. The van der Waals surface area contributed by atoms with Crippen LogP contribution in [0.15, 0.2) is 53.9 Å². The SMILES string of the molecule is O=C(N[C@H]1CCCCC/C=C\C2CC2(C(=O)O)NC(=O)C2C[C@@H](Oc3nc4ccccc4nc3-c3cccs3)CN2C1=O)OC1CCC1. The lowest BCUT2D eigenvalue weighted by atomic mass is 9.96. The molecule has 3 N–H and O–H groups in total. The van der Waals surface area contributed by atoms with Crippen LogP contribution in [0.1, 0.15) is 64.2 Å². The zero-order valence-corrected chi connectivity index (χ0v) is 27.3. The predicted molar refractivity (Wildman–Crippen MR) is 177 cm³/mol. The van der Waals surface area contributed by atoms with Gasteiger partial charge in [0.25, 0.3) is 0 Å². The summed E-state index contributed by atoms with van der Waals surface area (Å²) in [6.45, 7) is 0.0363. The highest BCUT2D eigenvalue weighted by atomic mass is 32.1. The van der Waals surface area contributed by atoms with Gasteiger partial charge in [-0.05, 0) is 68.5 Å². The number of hydrogen-bond acceptors (Lipinski definition) is 9. The lowest BCUT2D eigenvalue weighted by Gasteiger charge is -2.30. The molecule has 48 heavy (non-hydrogen) atoms. The topological polar surface area (TPSA) is 160 Å². The monoisotopic (exact) mass is 673 g/mol. The Labute approximate surface area is 281 Å². The number of aliphatic carboxylic acids is 1. The number of fused-ring (bicyclic) bond motifs is 3. The number of carbonyl (C=O) groups is 4. The fourth-order valence-corrected chi connectivity index (χ4v) is 7.47. The number of benzene rings is 1.